The van der Waals surface area contributed by atoms with E-state index in [1.54, 1.807) is 0 Å². The highest BCUT2D eigenvalue weighted by Gasteiger charge is 2.18. The maximum Gasteiger partial charge on any atom is 0.143 e. The largest absolute Gasteiger partial charge is 0.455 e. The fourth-order valence-corrected chi connectivity index (χ4v) is 9.38. The fraction of sp³-hybridized carbons (Fsp3) is 0. The molecule has 2 heterocycles. The van der Waals surface area contributed by atoms with E-state index in [-0.39, 0.29) is 0 Å². The van der Waals surface area contributed by atoms with Crippen molar-refractivity contribution in [1.82, 2.24) is 4.57 Å². The van der Waals surface area contributed by atoms with Crippen molar-refractivity contribution in [1.29, 1.82) is 0 Å². The number of hydrogen-bond donors (Lipinski definition) is 0. The Labute approximate surface area is 335 Å². The summed E-state index contributed by atoms with van der Waals surface area (Å²) in [4.78, 5) is 0. The molecule has 0 aliphatic heterocycles. The monoisotopic (exact) mass is 737 g/mol. The van der Waals surface area contributed by atoms with Crippen molar-refractivity contribution in [3.05, 3.63) is 212 Å². The molecule has 12 aromatic rings. The lowest BCUT2D eigenvalue weighted by molar-refractivity contribution is 0.670. The van der Waals surface area contributed by atoms with Crippen molar-refractivity contribution in [3.8, 4) is 50.2 Å². The summed E-state index contributed by atoms with van der Waals surface area (Å²) < 4.78 is 8.82. The van der Waals surface area contributed by atoms with Crippen LogP contribution >= 0.6 is 0 Å². The Morgan fingerprint density at radius 1 is 0.293 bits per heavy atom. The van der Waals surface area contributed by atoms with E-state index in [9.17, 15) is 0 Å². The maximum absolute atomic E-state index is 6.44. The lowest BCUT2D eigenvalue weighted by atomic mass is 9.86. The van der Waals surface area contributed by atoms with Crippen LogP contribution in [0.25, 0.3) is 115 Å². The van der Waals surface area contributed by atoms with E-state index in [1.807, 2.05) is 12.1 Å². The first-order chi connectivity index (χ1) is 28.8. The second-order valence-corrected chi connectivity index (χ2v) is 15.2. The van der Waals surface area contributed by atoms with Crippen molar-refractivity contribution in [3.63, 3.8) is 0 Å². The van der Waals surface area contributed by atoms with Gasteiger partial charge in [0.05, 0.1) is 11.0 Å². The molecule has 0 radical (unpaired) electrons. The number of aromatic nitrogens is 1. The van der Waals surface area contributed by atoms with Gasteiger partial charge in [0, 0.05) is 32.8 Å². The Kier molecular flexibility index (Phi) is 7.26. The molecule has 0 fully saturated rings. The van der Waals surface area contributed by atoms with Gasteiger partial charge in [-0.2, -0.15) is 0 Å². The molecule has 2 nitrogen and oxygen atoms in total. The number of benzene rings is 10. The van der Waals surface area contributed by atoms with Gasteiger partial charge in [0.25, 0.3) is 0 Å². The average Bonchev–Trinajstić information content (AvgIpc) is 3.84. The molecule has 0 unspecified atom stereocenters. The van der Waals surface area contributed by atoms with Crippen LogP contribution in [0.15, 0.2) is 217 Å². The number of furan rings is 1. The summed E-state index contributed by atoms with van der Waals surface area (Å²) in [6.07, 6.45) is 0. The van der Waals surface area contributed by atoms with Crippen molar-refractivity contribution < 1.29 is 4.42 Å². The lowest BCUT2D eigenvalue weighted by Crippen LogP contribution is -1.94. The molecule has 10 aromatic carbocycles. The van der Waals surface area contributed by atoms with E-state index < -0.39 is 0 Å². The molecule has 0 N–H and O–H groups in total. The van der Waals surface area contributed by atoms with Crippen molar-refractivity contribution >= 4 is 65.3 Å². The summed E-state index contributed by atoms with van der Waals surface area (Å²) in [5.41, 5.74) is 15.0. The van der Waals surface area contributed by atoms with Crippen LogP contribution in [0.4, 0.5) is 0 Å². The summed E-state index contributed by atoms with van der Waals surface area (Å²) in [6.45, 7) is 0. The first-order valence-corrected chi connectivity index (χ1v) is 19.9. The predicted molar refractivity (Wildman–Crippen MR) is 245 cm³/mol. The standard InChI is InChI=1S/C56H35NO/c1-2-13-38(14-3-1)54-45-17-4-6-19-47(45)55(48-20-7-5-18-46(48)54)39-27-25-36(26-28-39)37-29-32-41(33-30-37)57-51-23-10-8-15-43(51)50-35-40(31-34-52(50)57)42-21-12-22-49-44-16-9-11-24-53(44)58-56(42)49/h1-35H. The van der Waals surface area contributed by atoms with Crippen LogP contribution in [-0.2, 0) is 0 Å². The molecule has 2 aromatic heterocycles. The van der Waals surface area contributed by atoms with Gasteiger partial charge in [-0.3, -0.25) is 0 Å². The number of hydrogen-bond acceptors (Lipinski definition) is 1. The quantitative estimate of drug-likeness (QED) is 0.161. The highest BCUT2D eigenvalue weighted by Crippen LogP contribution is 2.44. The number of para-hydroxylation sites is 3. The maximum atomic E-state index is 6.44. The van der Waals surface area contributed by atoms with Crippen LogP contribution in [0.5, 0.6) is 0 Å². The summed E-state index contributed by atoms with van der Waals surface area (Å²) in [5, 5.41) is 9.81. The summed E-state index contributed by atoms with van der Waals surface area (Å²) >= 11 is 0. The minimum absolute atomic E-state index is 0.915. The van der Waals surface area contributed by atoms with Gasteiger partial charge in [-0.15, -0.1) is 0 Å². The highest BCUT2D eigenvalue weighted by atomic mass is 16.3. The number of nitrogens with zero attached hydrogens (tertiary/aromatic N) is 1. The van der Waals surface area contributed by atoms with Crippen LogP contribution in [0.2, 0.25) is 0 Å². The van der Waals surface area contributed by atoms with Gasteiger partial charge in [-0.1, -0.05) is 176 Å². The van der Waals surface area contributed by atoms with Crippen molar-refractivity contribution in [2.45, 2.75) is 0 Å². The van der Waals surface area contributed by atoms with Gasteiger partial charge < -0.3 is 8.98 Å². The van der Waals surface area contributed by atoms with Gasteiger partial charge in [0.2, 0.25) is 0 Å². The van der Waals surface area contributed by atoms with E-state index in [1.165, 1.54) is 76.7 Å². The molecular weight excluding hydrogens is 703 g/mol. The smallest absolute Gasteiger partial charge is 0.143 e. The van der Waals surface area contributed by atoms with E-state index in [0.717, 1.165) is 38.8 Å². The Hall–Kier alpha value is -7.68. The molecule has 0 aliphatic rings. The second-order valence-electron chi connectivity index (χ2n) is 15.2. The molecule has 58 heavy (non-hydrogen) atoms. The van der Waals surface area contributed by atoms with Crippen LogP contribution in [-0.4, -0.2) is 4.57 Å². The molecule has 0 saturated heterocycles. The Bertz CT molecular complexity index is 3480. The summed E-state index contributed by atoms with van der Waals surface area (Å²) in [6, 6.07) is 76.9. The zero-order valence-electron chi connectivity index (χ0n) is 31.6. The fourth-order valence-electron chi connectivity index (χ4n) is 9.38. The molecular formula is C56H35NO. The van der Waals surface area contributed by atoms with Gasteiger partial charge >= 0.3 is 0 Å². The van der Waals surface area contributed by atoms with Gasteiger partial charge in [0.15, 0.2) is 0 Å². The van der Waals surface area contributed by atoms with Crippen LogP contribution < -0.4 is 0 Å². The first-order valence-electron chi connectivity index (χ1n) is 19.9. The third-order valence-electron chi connectivity index (χ3n) is 12.0. The van der Waals surface area contributed by atoms with E-state index >= 15 is 0 Å². The first kappa shape index (κ1) is 32.6. The summed E-state index contributed by atoms with van der Waals surface area (Å²) in [7, 11) is 0. The zero-order chi connectivity index (χ0) is 38.2. The van der Waals surface area contributed by atoms with Crippen LogP contribution in [0, 0.1) is 0 Å². The van der Waals surface area contributed by atoms with Crippen LogP contribution in [0.3, 0.4) is 0 Å². The average molecular weight is 738 g/mol. The van der Waals surface area contributed by atoms with E-state index in [0.29, 0.717) is 0 Å². The molecule has 0 amide bonds. The number of rotatable bonds is 5. The predicted octanol–water partition coefficient (Wildman–Crippen LogP) is 15.7. The van der Waals surface area contributed by atoms with E-state index in [4.69, 9.17) is 4.42 Å². The molecule has 0 aliphatic carbocycles. The third-order valence-corrected chi connectivity index (χ3v) is 12.0. The summed E-state index contributed by atoms with van der Waals surface area (Å²) in [5.74, 6) is 0. The normalized spacial score (nSPS) is 11.8. The Balaban J connectivity index is 0.925. The third kappa shape index (κ3) is 4.99. The molecule has 12 rings (SSSR count). The second kappa shape index (κ2) is 12.9. The number of fused-ring (bicyclic) bond motifs is 8. The Morgan fingerprint density at radius 2 is 0.776 bits per heavy atom. The van der Waals surface area contributed by atoms with E-state index in [2.05, 4.69) is 205 Å². The SMILES string of the molecule is c1ccc(-c2c3ccccc3c(-c3ccc(-c4ccc(-n5c6ccccc6c6cc(-c7cccc8c7oc7ccccc78)ccc65)cc4)cc3)c3ccccc23)cc1. The van der Waals surface area contributed by atoms with Crippen molar-refractivity contribution in [2.75, 3.05) is 0 Å². The highest BCUT2D eigenvalue weighted by molar-refractivity contribution is 6.21. The molecule has 0 saturated carbocycles. The molecule has 0 spiro atoms. The van der Waals surface area contributed by atoms with Gasteiger partial charge in [0.1, 0.15) is 11.2 Å². The van der Waals surface area contributed by atoms with Crippen LogP contribution in [0.1, 0.15) is 0 Å². The zero-order valence-corrected chi connectivity index (χ0v) is 31.6. The molecule has 2 heteroatoms. The topological polar surface area (TPSA) is 18.1 Å². The molecule has 0 atom stereocenters. The van der Waals surface area contributed by atoms with Crippen molar-refractivity contribution in [2.24, 2.45) is 0 Å². The molecule has 270 valence electrons. The minimum atomic E-state index is 0.915. The Morgan fingerprint density at radius 3 is 1.45 bits per heavy atom. The minimum Gasteiger partial charge on any atom is -0.455 e. The molecule has 0 bridgehead atoms. The van der Waals surface area contributed by atoms with Gasteiger partial charge in [-0.25, -0.2) is 0 Å². The lowest BCUT2D eigenvalue weighted by Gasteiger charge is -2.18. The van der Waals surface area contributed by atoms with Gasteiger partial charge in [-0.05, 0) is 96.9 Å².